The molecule has 2 fully saturated rings. The molecule has 0 bridgehead atoms. The van der Waals surface area contributed by atoms with Crippen molar-refractivity contribution < 1.29 is 29.5 Å². The summed E-state index contributed by atoms with van der Waals surface area (Å²) in [5, 5.41) is 28.8. The lowest BCUT2D eigenvalue weighted by Gasteiger charge is -2.52. The summed E-state index contributed by atoms with van der Waals surface area (Å²) in [6.07, 6.45) is -2.38. The molecule has 7 heteroatoms. The first-order valence-corrected chi connectivity index (χ1v) is 7.28. The monoisotopic (exact) mass is 305 g/mol. The van der Waals surface area contributed by atoms with E-state index in [9.17, 15) is 10.2 Å². The van der Waals surface area contributed by atoms with Crippen LogP contribution >= 0.6 is 0 Å². The lowest BCUT2D eigenvalue weighted by Crippen LogP contribution is -2.63. The maximum atomic E-state index is 9.87. The lowest BCUT2D eigenvalue weighted by atomic mass is 9.61. The zero-order valence-electron chi connectivity index (χ0n) is 12.9. The number of aliphatic hydroxyl groups is 3. The molecule has 7 nitrogen and oxygen atoms in total. The molecule has 1 heterocycles. The van der Waals surface area contributed by atoms with E-state index < -0.39 is 37.3 Å². The van der Waals surface area contributed by atoms with E-state index in [1.807, 2.05) is 0 Å². The van der Waals surface area contributed by atoms with Crippen molar-refractivity contribution in [2.75, 3.05) is 20.3 Å². The smallest absolute Gasteiger partial charge is 0.175 e. The van der Waals surface area contributed by atoms with Crippen LogP contribution in [0.4, 0.5) is 0 Å². The first-order chi connectivity index (χ1) is 9.73. The van der Waals surface area contributed by atoms with Crippen LogP contribution in [0.25, 0.3) is 0 Å². The highest BCUT2D eigenvalue weighted by Gasteiger charge is 2.50. The van der Waals surface area contributed by atoms with Crippen LogP contribution in [0.2, 0.25) is 0 Å². The fourth-order valence-electron chi connectivity index (χ4n) is 3.54. The third-order valence-electron chi connectivity index (χ3n) is 4.62. The molecule has 0 spiro atoms. The van der Waals surface area contributed by atoms with Crippen LogP contribution < -0.4 is 5.73 Å². The van der Waals surface area contributed by atoms with E-state index in [1.165, 1.54) is 0 Å². The molecule has 5 N–H and O–H groups in total. The minimum atomic E-state index is -1.21. The summed E-state index contributed by atoms with van der Waals surface area (Å²) < 4.78 is 16.6. The van der Waals surface area contributed by atoms with Gasteiger partial charge in [0.15, 0.2) is 6.29 Å². The number of rotatable bonds is 5. The molecular formula is C14H27NO6. The highest BCUT2D eigenvalue weighted by Crippen LogP contribution is 2.50. The first-order valence-electron chi connectivity index (χ1n) is 7.28. The molecule has 124 valence electrons. The van der Waals surface area contributed by atoms with Crippen molar-refractivity contribution in [3.8, 4) is 0 Å². The molecule has 5 atom stereocenters. The first kappa shape index (κ1) is 17.1. The Morgan fingerprint density at radius 1 is 1.24 bits per heavy atom. The van der Waals surface area contributed by atoms with E-state index in [2.05, 4.69) is 13.8 Å². The Morgan fingerprint density at radius 3 is 2.38 bits per heavy atom. The summed E-state index contributed by atoms with van der Waals surface area (Å²) in [4.78, 5) is 0. The van der Waals surface area contributed by atoms with E-state index >= 15 is 0 Å². The fourth-order valence-corrected chi connectivity index (χ4v) is 3.54. The number of nitrogens with two attached hydrogens (primary N) is 1. The fraction of sp³-hybridized carbons (Fsp3) is 1.00. The van der Waals surface area contributed by atoms with Gasteiger partial charge in [0.25, 0.3) is 0 Å². The molecule has 0 amide bonds. The summed E-state index contributed by atoms with van der Waals surface area (Å²) >= 11 is 0. The average Bonchev–Trinajstić information content (AvgIpc) is 2.42. The molecule has 1 aliphatic heterocycles. The third kappa shape index (κ3) is 3.39. The number of methoxy groups -OCH3 is 1. The minimum Gasteiger partial charge on any atom is -0.394 e. The quantitative estimate of drug-likeness (QED) is 0.514. The maximum absolute atomic E-state index is 9.87. The lowest BCUT2D eigenvalue weighted by molar-refractivity contribution is -0.280. The second-order valence-electron chi connectivity index (χ2n) is 6.91. The SMILES string of the molecule is COC1(C)CC(C)(COC2OC(CO)C(O)C(O)C2N)C1. The van der Waals surface area contributed by atoms with E-state index in [4.69, 9.17) is 25.1 Å². The van der Waals surface area contributed by atoms with Gasteiger partial charge in [0, 0.05) is 7.11 Å². The predicted octanol–water partition coefficient (Wildman–Crippen LogP) is -1.03. The second kappa shape index (κ2) is 6.08. The van der Waals surface area contributed by atoms with Gasteiger partial charge in [-0.05, 0) is 25.2 Å². The summed E-state index contributed by atoms with van der Waals surface area (Å²) in [6.45, 7) is 4.17. The third-order valence-corrected chi connectivity index (χ3v) is 4.62. The molecular weight excluding hydrogens is 278 g/mol. The summed E-state index contributed by atoms with van der Waals surface area (Å²) in [7, 11) is 1.70. The van der Waals surface area contributed by atoms with Crippen molar-refractivity contribution in [1.29, 1.82) is 0 Å². The highest BCUT2D eigenvalue weighted by atomic mass is 16.7. The molecule has 2 rings (SSSR count). The van der Waals surface area contributed by atoms with Crippen molar-refractivity contribution in [3.63, 3.8) is 0 Å². The van der Waals surface area contributed by atoms with E-state index in [-0.39, 0.29) is 11.0 Å². The van der Waals surface area contributed by atoms with E-state index in [0.29, 0.717) is 6.61 Å². The minimum absolute atomic E-state index is 0.0242. The summed E-state index contributed by atoms with van der Waals surface area (Å²) in [6, 6.07) is -0.847. The number of aliphatic hydroxyl groups excluding tert-OH is 3. The van der Waals surface area contributed by atoms with Crippen LogP contribution in [0.5, 0.6) is 0 Å². The number of ether oxygens (including phenoxy) is 3. The van der Waals surface area contributed by atoms with Gasteiger partial charge in [-0.15, -0.1) is 0 Å². The molecule has 2 aliphatic rings. The van der Waals surface area contributed by atoms with Crippen LogP contribution in [0.3, 0.4) is 0 Å². The zero-order chi connectivity index (χ0) is 15.8. The number of hydrogen-bond donors (Lipinski definition) is 4. The zero-order valence-corrected chi connectivity index (χ0v) is 12.9. The maximum Gasteiger partial charge on any atom is 0.175 e. The Morgan fingerprint density at radius 2 is 1.86 bits per heavy atom. The van der Waals surface area contributed by atoms with Gasteiger partial charge in [-0.3, -0.25) is 0 Å². The van der Waals surface area contributed by atoms with Gasteiger partial charge >= 0.3 is 0 Å². The van der Waals surface area contributed by atoms with Gasteiger partial charge in [-0.1, -0.05) is 6.92 Å². The van der Waals surface area contributed by atoms with Crippen molar-refractivity contribution in [3.05, 3.63) is 0 Å². The van der Waals surface area contributed by atoms with Gasteiger partial charge in [0.05, 0.1) is 24.9 Å². The van der Waals surface area contributed by atoms with Crippen LogP contribution in [-0.4, -0.2) is 71.9 Å². The molecule has 0 radical (unpaired) electrons. The Hall–Kier alpha value is -0.280. The Balaban J connectivity index is 1.88. The molecule has 1 saturated heterocycles. The van der Waals surface area contributed by atoms with Crippen LogP contribution in [-0.2, 0) is 14.2 Å². The Labute approximate surface area is 125 Å². The topological polar surface area (TPSA) is 114 Å². The van der Waals surface area contributed by atoms with Gasteiger partial charge in [0.1, 0.15) is 18.3 Å². The van der Waals surface area contributed by atoms with Crippen molar-refractivity contribution in [2.45, 2.75) is 62.9 Å². The molecule has 1 aliphatic carbocycles. The largest absolute Gasteiger partial charge is 0.394 e. The van der Waals surface area contributed by atoms with Crippen molar-refractivity contribution in [1.82, 2.24) is 0 Å². The van der Waals surface area contributed by atoms with Crippen molar-refractivity contribution in [2.24, 2.45) is 11.1 Å². The van der Waals surface area contributed by atoms with Gasteiger partial charge in [-0.25, -0.2) is 0 Å². The second-order valence-corrected chi connectivity index (χ2v) is 6.91. The summed E-state index contributed by atoms with van der Waals surface area (Å²) in [5.41, 5.74) is 5.69. The molecule has 0 aromatic heterocycles. The number of hydrogen-bond acceptors (Lipinski definition) is 7. The highest BCUT2D eigenvalue weighted by molar-refractivity contribution is 5.01. The van der Waals surface area contributed by atoms with Crippen molar-refractivity contribution >= 4 is 0 Å². The Bertz CT molecular complexity index is 357. The molecule has 0 aromatic carbocycles. The van der Waals surface area contributed by atoms with E-state index in [0.717, 1.165) is 12.8 Å². The normalized spacial score (nSPS) is 50.7. The van der Waals surface area contributed by atoms with Gasteiger partial charge in [0.2, 0.25) is 0 Å². The van der Waals surface area contributed by atoms with Crippen LogP contribution in [0.15, 0.2) is 0 Å². The van der Waals surface area contributed by atoms with Crippen LogP contribution in [0, 0.1) is 5.41 Å². The summed E-state index contributed by atoms with van der Waals surface area (Å²) in [5.74, 6) is 0. The van der Waals surface area contributed by atoms with Crippen LogP contribution in [0.1, 0.15) is 26.7 Å². The average molecular weight is 305 g/mol. The molecule has 1 saturated carbocycles. The molecule has 0 aromatic rings. The molecule has 5 unspecified atom stereocenters. The molecule has 21 heavy (non-hydrogen) atoms. The van der Waals surface area contributed by atoms with Gasteiger partial charge in [-0.2, -0.15) is 0 Å². The van der Waals surface area contributed by atoms with E-state index in [1.54, 1.807) is 7.11 Å². The van der Waals surface area contributed by atoms with Gasteiger partial charge < -0.3 is 35.3 Å². The standard InChI is InChI=1S/C14H27NO6/c1-13(5-14(2,6-13)19-3)7-20-12-9(15)11(18)10(17)8(4-16)21-12/h8-12,16-18H,4-7,15H2,1-3H3. The Kier molecular flexibility index (Phi) is 4.94. The predicted molar refractivity (Wildman–Crippen MR) is 74.4 cm³/mol.